The quantitative estimate of drug-likeness (QED) is 0.526. The molecule has 138 valence electrons. The molecule has 0 fully saturated rings. The van der Waals surface area contributed by atoms with Crippen molar-refractivity contribution in [2.24, 2.45) is 0 Å². The molecule has 4 nitrogen and oxygen atoms in total. The van der Waals surface area contributed by atoms with E-state index >= 15 is 0 Å². The molecule has 0 spiro atoms. The van der Waals surface area contributed by atoms with Gasteiger partial charge in [0.1, 0.15) is 6.61 Å². The summed E-state index contributed by atoms with van der Waals surface area (Å²) in [6.45, 7) is 5.51. The standard InChI is InChI=1S/C20H22F2N2O2/c1-3-11-26-20-23-12-16(13-24-20)17-10-9-15(18(21)19(17)22)8-6-4-5-7-14(2)25/h3,6,8-10,12-14,25H,1,4-5,7,11H2,2H3. The van der Waals surface area contributed by atoms with Crippen LogP contribution in [0.1, 0.15) is 31.7 Å². The molecule has 0 bridgehead atoms. The summed E-state index contributed by atoms with van der Waals surface area (Å²) < 4.78 is 33.8. The molecule has 0 saturated heterocycles. The first-order valence-electron chi connectivity index (χ1n) is 8.41. The summed E-state index contributed by atoms with van der Waals surface area (Å²) in [4.78, 5) is 7.93. The molecule has 1 heterocycles. The smallest absolute Gasteiger partial charge is 0.316 e. The third-order valence-corrected chi connectivity index (χ3v) is 3.67. The van der Waals surface area contributed by atoms with Gasteiger partial charge < -0.3 is 9.84 Å². The van der Waals surface area contributed by atoms with E-state index < -0.39 is 11.6 Å². The Morgan fingerprint density at radius 3 is 2.62 bits per heavy atom. The number of benzene rings is 1. The van der Waals surface area contributed by atoms with Crippen molar-refractivity contribution >= 4 is 6.08 Å². The van der Waals surface area contributed by atoms with Crippen LogP contribution in [0.3, 0.4) is 0 Å². The van der Waals surface area contributed by atoms with Crippen LogP contribution < -0.4 is 4.74 Å². The number of aliphatic hydroxyl groups excluding tert-OH is 1. The molecule has 1 atom stereocenters. The number of allylic oxidation sites excluding steroid dienone is 1. The van der Waals surface area contributed by atoms with Crippen LogP contribution in [0.15, 0.2) is 43.3 Å². The number of aliphatic hydroxyl groups is 1. The third-order valence-electron chi connectivity index (χ3n) is 3.67. The lowest BCUT2D eigenvalue weighted by Gasteiger charge is -2.07. The van der Waals surface area contributed by atoms with E-state index in [-0.39, 0.29) is 29.8 Å². The second-order valence-corrected chi connectivity index (χ2v) is 5.87. The zero-order valence-corrected chi connectivity index (χ0v) is 14.7. The molecule has 0 radical (unpaired) electrons. The topological polar surface area (TPSA) is 55.2 Å². The van der Waals surface area contributed by atoms with Gasteiger partial charge in [0.15, 0.2) is 11.6 Å². The van der Waals surface area contributed by atoms with Crippen molar-refractivity contribution < 1.29 is 18.6 Å². The van der Waals surface area contributed by atoms with E-state index in [1.165, 1.54) is 24.5 Å². The van der Waals surface area contributed by atoms with Gasteiger partial charge in [-0.05, 0) is 26.2 Å². The lowest BCUT2D eigenvalue weighted by molar-refractivity contribution is 0.182. The van der Waals surface area contributed by atoms with Crippen molar-refractivity contribution in [1.29, 1.82) is 0 Å². The summed E-state index contributed by atoms with van der Waals surface area (Å²) in [5.41, 5.74) is 0.624. The van der Waals surface area contributed by atoms with Crippen LogP contribution in [0.25, 0.3) is 17.2 Å². The zero-order valence-electron chi connectivity index (χ0n) is 14.7. The fourth-order valence-corrected chi connectivity index (χ4v) is 2.32. The summed E-state index contributed by atoms with van der Waals surface area (Å²) in [5.74, 6) is -1.86. The number of rotatable bonds is 9. The highest BCUT2D eigenvalue weighted by Gasteiger charge is 2.14. The van der Waals surface area contributed by atoms with Crippen molar-refractivity contribution in [3.63, 3.8) is 0 Å². The van der Waals surface area contributed by atoms with Gasteiger partial charge in [-0.15, -0.1) is 0 Å². The first-order valence-corrected chi connectivity index (χ1v) is 8.41. The van der Waals surface area contributed by atoms with E-state index in [0.717, 1.165) is 6.42 Å². The minimum absolute atomic E-state index is 0.0871. The van der Waals surface area contributed by atoms with Gasteiger partial charge in [-0.1, -0.05) is 36.9 Å². The molecule has 2 rings (SSSR count). The summed E-state index contributed by atoms with van der Waals surface area (Å²) >= 11 is 0. The first kappa shape index (κ1) is 19.7. The van der Waals surface area contributed by atoms with E-state index in [4.69, 9.17) is 4.74 Å². The van der Waals surface area contributed by atoms with Gasteiger partial charge in [0.2, 0.25) is 0 Å². The normalized spacial score (nSPS) is 12.3. The van der Waals surface area contributed by atoms with E-state index in [1.807, 2.05) is 0 Å². The van der Waals surface area contributed by atoms with Crippen LogP contribution >= 0.6 is 0 Å². The molecule has 0 aliphatic rings. The predicted octanol–water partition coefficient (Wildman–Crippen LogP) is 4.55. The minimum Gasteiger partial charge on any atom is -0.459 e. The second-order valence-electron chi connectivity index (χ2n) is 5.87. The predicted molar refractivity (Wildman–Crippen MR) is 97.6 cm³/mol. The van der Waals surface area contributed by atoms with Crippen molar-refractivity contribution in [1.82, 2.24) is 9.97 Å². The Morgan fingerprint density at radius 1 is 1.23 bits per heavy atom. The Hall–Kier alpha value is -2.60. The van der Waals surface area contributed by atoms with Gasteiger partial charge >= 0.3 is 6.01 Å². The van der Waals surface area contributed by atoms with E-state index in [2.05, 4.69) is 16.5 Å². The maximum atomic E-state index is 14.4. The Bertz CT molecular complexity index is 759. The van der Waals surface area contributed by atoms with Crippen molar-refractivity contribution in [3.05, 3.63) is 60.5 Å². The monoisotopic (exact) mass is 360 g/mol. The van der Waals surface area contributed by atoms with Gasteiger partial charge in [-0.3, -0.25) is 0 Å². The number of ether oxygens (including phenoxy) is 1. The molecule has 0 saturated carbocycles. The van der Waals surface area contributed by atoms with Crippen molar-refractivity contribution in [2.45, 2.75) is 32.3 Å². The second kappa shape index (κ2) is 9.77. The van der Waals surface area contributed by atoms with Crippen LogP contribution in [-0.4, -0.2) is 27.8 Å². The van der Waals surface area contributed by atoms with E-state index in [0.29, 0.717) is 18.4 Å². The van der Waals surface area contributed by atoms with Gasteiger partial charge in [-0.25, -0.2) is 18.7 Å². The molecule has 1 aromatic heterocycles. The van der Waals surface area contributed by atoms with Crippen molar-refractivity contribution in [2.75, 3.05) is 6.61 Å². The Kier molecular flexibility index (Phi) is 7.41. The first-order chi connectivity index (χ1) is 12.5. The Morgan fingerprint density at radius 2 is 1.96 bits per heavy atom. The van der Waals surface area contributed by atoms with Crippen LogP contribution in [0, 0.1) is 11.6 Å². The molecule has 0 aliphatic heterocycles. The summed E-state index contributed by atoms with van der Waals surface area (Å²) in [6.07, 6.45) is 9.44. The number of hydrogen-bond acceptors (Lipinski definition) is 4. The third kappa shape index (κ3) is 5.46. The van der Waals surface area contributed by atoms with Crippen LogP contribution in [-0.2, 0) is 0 Å². The number of hydrogen-bond donors (Lipinski definition) is 1. The highest BCUT2D eigenvalue weighted by Crippen LogP contribution is 2.26. The van der Waals surface area contributed by atoms with Gasteiger partial charge in [0.05, 0.1) is 6.10 Å². The van der Waals surface area contributed by atoms with Crippen LogP contribution in [0.5, 0.6) is 6.01 Å². The molecular weight excluding hydrogens is 338 g/mol. The summed E-state index contributed by atoms with van der Waals surface area (Å²) in [6, 6.07) is 3.16. The Balaban J connectivity index is 2.11. The number of nitrogens with zero attached hydrogens (tertiary/aromatic N) is 2. The molecule has 26 heavy (non-hydrogen) atoms. The molecule has 0 amide bonds. The van der Waals surface area contributed by atoms with Gasteiger partial charge in [0, 0.05) is 29.1 Å². The summed E-state index contributed by atoms with van der Waals surface area (Å²) in [5, 5.41) is 9.19. The van der Waals surface area contributed by atoms with E-state index in [1.54, 1.807) is 25.2 Å². The average molecular weight is 360 g/mol. The highest BCUT2D eigenvalue weighted by molar-refractivity contribution is 5.65. The Labute approximate surface area is 151 Å². The molecule has 1 aromatic carbocycles. The fourth-order valence-electron chi connectivity index (χ4n) is 2.32. The fraction of sp³-hybridized carbons (Fsp3) is 0.300. The lowest BCUT2D eigenvalue weighted by Crippen LogP contribution is -1.99. The van der Waals surface area contributed by atoms with Crippen LogP contribution in [0.4, 0.5) is 8.78 Å². The van der Waals surface area contributed by atoms with Gasteiger partial charge in [-0.2, -0.15) is 0 Å². The van der Waals surface area contributed by atoms with Crippen molar-refractivity contribution in [3.8, 4) is 17.1 Å². The maximum absolute atomic E-state index is 14.4. The molecular formula is C20H22F2N2O2. The SMILES string of the molecule is C=CCOc1ncc(-c2ccc(C=CCCCC(C)O)c(F)c2F)cn1. The number of halogens is 2. The molecule has 6 heteroatoms. The number of aromatic nitrogens is 2. The minimum atomic E-state index is -0.945. The maximum Gasteiger partial charge on any atom is 0.316 e. The lowest BCUT2D eigenvalue weighted by atomic mass is 10.0. The molecule has 1 N–H and O–H groups in total. The molecule has 1 unspecified atom stereocenters. The van der Waals surface area contributed by atoms with E-state index in [9.17, 15) is 13.9 Å². The van der Waals surface area contributed by atoms with Crippen LogP contribution in [0.2, 0.25) is 0 Å². The van der Waals surface area contributed by atoms with Gasteiger partial charge in [0.25, 0.3) is 0 Å². The summed E-state index contributed by atoms with van der Waals surface area (Å²) in [7, 11) is 0. The number of unbranched alkanes of at least 4 members (excludes halogenated alkanes) is 1. The molecule has 2 aromatic rings. The zero-order chi connectivity index (χ0) is 18.9. The largest absolute Gasteiger partial charge is 0.459 e. The highest BCUT2D eigenvalue weighted by atomic mass is 19.2. The average Bonchev–Trinajstić information content (AvgIpc) is 2.63. The molecule has 0 aliphatic carbocycles.